The van der Waals surface area contributed by atoms with Crippen LogP contribution in [0.1, 0.15) is 47.7 Å². The van der Waals surface area contributed by atoms with Gasteiger partial charge in [-0.05, 0) is 37.0 Å². The van der Waals surface area contributed by atoms with Crippen molar-refractivity contribution >= 4 is 5.97 Å². The van der Waals surface area contributed by atoms with Gasteiger partial charge in [0.2, 0.25) is 0 Å². The minimum absolute atomic E-state index is 0.270. The fourth-order valence-electron chi connectivity index (χ4n) is 1.99. The summed E-state index contributed by atoms with van der Waals surface area (Å²) in [6, 6.07) is 3.79. The molecule has 0 fully saturated rings. The smallest absolute Gasteiger partial charge is 0.339 e. The Morgan fingerprint density at radius 2 is 2.06 bits per heavy atom. The van der Waals surface area contributed by atoms with E-state index < -0.39 is 5.97 Å². The number of methoxy groups -OCH3 is 1. The summed E-state index contributed by atoms with van der Waals surface area (Å²) in [6.45, 7) is 3.98. The van der Waals surface area contributed by atoms with Crippen molar-refractivity contribution in [3.05, 3.63) is 28.8 Å². The first-order valence-corrected chi connectivity index (χ1v) is 6.01. The largest absolute Gasteiger partial charge is 0.496 e. The highest BCUT2D eigenvalue weighted by Gasteiger charge is 2.15. The van der Waals surface area contributed by atoms with Crippen molar-refractivity contribution < 1.29 is 14.6 Å². The number of hydrogen-bond donors (Lipinski definition) is 1. The van der Waals surface area contributed by atoms with Gasteiger partial charge in [-0.15, -0.1) is 0 Å². The van der Waals surface area contributed by atoms with Gasteiger partial charge < -0.3 is 9.84 Å². The predicted octanol–water partition coefficient (Wildman–Crippen LogP) is 3.43. The van der Waals surface area contributed by atoms with Crippen molar-refractivity contribution in [2.45, 2.75) is 39.5 Å². The van der Waals surface area contributed by atoms with Crippen LogP contribution in [0.5, 0.6) is 5.75 Å². The highest BCUT2D eigenvalue weighted by molar-refractivity contribution is 5.92. The standard InChI is InChI=1S/C14H20O3/c1-4-5-6-7-11-8-10(2)13(14(15)16)12(9-11)17-3/h8-9H,4-7H2,1-3H3,(H,15,16). The van der Waals surface area contributed by atoms with E-state index in [1.165, 1.54) is 20.0 Å². The van der Waals surface area contributed by atoms with Gasteiger partial charge in [0.05, 0.1) is 7.11 Å². The van der Waals surface area contributed by atoms with E-state index in [9.17, 15) is 4.79 Å². The lowest BCUT2D eigenvalue weighted by Gasteiger charge is -2.11. The third kappa shape index (κ3) is 3.48. The molecule has 3 nitrogen and oxygen atoms in total. The fourth-order valence-corrected chi connectivity index (χ4v) is 1.99. The van der Waals surface area contributed by atoms with Crippen LogP contribution >= 0.6 is 0 Å². The van der Waals surface area contributed by atoms with Crippen LogP contribution in [0, 0.1) is 6.92 Å². The van der Waals surface area contributed by atoms with Crippen molar-refractivity contribution in [2.75, 3.05) is 7.11 Å². The maximum Gasteiger partial charge on any atom is 0.339 e. The van der Waals surface area contributed by atoms with Crippen LogP contribution in [0.2, 0.25) is 0 Å². The summed E-state index contributed by atoms with van der Waals surface area (Å²) in [4.78, 5) is 11.1. The van der Waals surface area contributed by atoms with Crippen LogP contribution < -0.4 is 4.74 Å². The number of carbonyl (C=O) groups is 1. The molecule has 1 aromatic rings. The normalized spacial score (nSPS) is 10.3. The first-order valence-electron chi connectivity index (χ1n) is 6.01. The van der Waals surface area contributed by atoms with Gasteiger partial charge in [0, 0.05) is 0 Å². The topological polar surface area (TPSA) is 46.5 Å². The molecule has 0 heterocycles. The van der Waals surface area contributed by atoms with Gasteiger partial charge in [-0.1, -0.05) is 25.8 Å². The van der Waals surface area contributed by atoms with Gasteiger partial charge in [-0.2, -0.15) is 0 Å². The number of ether oxygens (including phenoxy) is 1. The molecule has 0 saturated heterocycles. The van der Waals surface area contributed by atoms with E-state index >= 15 is 0 Å². The van der Waals surface area contributed by atoms with Crippen molar-refractivity contribution in [2.24, 2.45) is 0 Å². The second-order valence-electron chi connectivity index (χ2n) is 4.25. The van der Waals surface area contributed by atoms with E-state index in [0.717, 1.165) is 24.0 Å². The summed E-state index contributed by atoms with van der Waals surface area (Å²) in [5.74, 6) is -0.469. The van der Waals surface area contributed by atoms with Crippen LogP contribution in [0.15, 0.2) is 12.1 Å². The van der Waals surface area contributed by atoms with Gasteiger partial charge in [-0.25, -0.2) is 4.79 Å². The number of carboxylic acids is 1. The third-order valence-corrected chi connectivity index (χ3v) is 2.86. The van der Waals surface area contributed by atoms with E-state index in [0.29, 0.717) is 5.75 Å². The van der Waals surface area contributed by atoms with Crippen LogP contribution in [0.4, 0.5) is 0 Å². The maximum atomic E-state index is 11.1. The quantitative estimate of drug-likeness (QED) is 0.770. The van der Waals surface area contributed by atoms with Crippen molar-refractivity contribution in [1.29, 1.82) is 0 Å². The summed E-state index contributed by atoms with van der Waals surface area (Å²) >= 11 is 0. The number of benzene rings is 1. The lowest BCUT2D eigenvalue weighted by molar-refractivity contribution is 0.0692. The minimum atomic E-state index is -0.931. The molecule has 1 rings (SSSR count). The van der Waals surface area contributed by atoms with Crippen LogP contribution in [0.3, 0.4) is 0 Å². The molecule has 0 aliphatic rings. The number of rotatable bonds is 6. The van der Waals surface area contributed by atoms with E-state index in [-0.39, 0.29) is 5.56 Å². The van der Waals surface area contributed by atoms with E-state index in [1.54, 1.807) is 0 Å². The first kappa shape index (κ1) is 13.6. The van der Waals surface area contributed by atoms with Crippen molar-refractivity contribution in [3.8, 4) is 5.75 Å². The number of carboxylic acid groups (broad SMARTS) is 1. The molecule has 0 aliphatic heterocycles. The van der Waals surface area contributed by atoms with Gasteiger partial charge in [0.15, 0.2) is 0 Å². The van der Waals surface area contributed by atoms with Gasteiger partial charge >= 0.3 is 5.97 Å². The highest BCUT2D eigenvalue weighted by atomic mass is 16.5. The SMILES string of the molecule is CCCCCc1cc(C)c(C(=O)O)c(OC)c1. The second kappa shape index (κ2) is 6.28. The molecule has 1 N–H and O–H groups in total. The van der Waals surface area contributed by atoms with Gasteiger partial charge in [0.25, 0.3) is 0 Å². The number of unbranched alkanes of at least 4 members (excludes halogenated alkanes) is 2. The molecule has 0 amide bonds. The molecule has 17 heavy (non-hydrogen) atoms. The Kier molecular flexibility index (Phi) is 5.01. The molecular formula is C14H20O3. The molecular weight excluding hydrogens is 216 g/mol. The van der Waals surface area contributed by atoms with Crippen molar-refractivity contribution in [1.82, 2.24) is 0 Å². The first-order chi connectivity index (χ1) is 8.10. The van der Waals surface area contributed by atoms with E-state index in [4.69, 9.17) is 9.84 Å². The zero-order valence-electron chi connectivity index (χ0n) is 10.7. The third-order valence-electron chi connectivity index (χ3n) is 2.86. The molecule has 3 heteroatoms. The summed E-state index contributed by atoms with van der Waals surface area (Å²) in [5.41, 5.74) is 2.19. The highest BCUT2D eigenvalue weighted by Crippen LogP contribution is 2.25. The maximum absolute atomic E-state index is 11.1. The molecule has 1 aromatic carbocycles. The number of aromatic carboxylic acids is 1. The lowest BCUT2D eigenvalue weighted by atomic mass is 10.00. The molecule has 0 bridgehead atoms. The number of aryl methyl sites for hydroxylation is 2. The Labute approximate surface area is 102 Å². The molecule has 0 atom stereocenters. The summed E-state index contributed by atoms with van der Waals surface area (Å²) in [7, 11) is 1.51. The zero-order chi connectivity index (χ0) is 12.8. The Bertz CT molecular complexity index is 397. The monoisotopic (exact) mass is 236 g/mol. The molecule has 0 unspecified atom stereocenters. The average molecular weight is 236 g/mol. The second-order valence-corrected chi connectivity index (χ2v) is 4.25. The Hall–Kier alpha value is -1.51. The fraction of sp³-hybridized carbons (Fsp3) is 0.500. The lowest BCUT2D eigenvalue weighted by Crippen LogP contribution is -2.04. The Balaban J connectivity index is 2.96. The summed E-state index contributed by atoms with van der Waals surface area (Å²) in [5, 5.41) is 9.10. The summed E-state index contributed by atoms with van der Waals surface area (Å²) < 4.78 is 5.15. The van der Waals surface area contributed by atoms with Crippen LogP contribution in [0.25, 0.3) is 0 Å². The zero-order valence-corrected chi connectivity index (χ0v) is 10.7. The molecule has 94 valence electrons. The van der Waals surface area contributed by atoms with E-state index in [2.05, 4.69) is 6.92 Å². The van der Waals surface area contributed by atoms with E-state index in [1.807, 2.05) is 19.1 Å². The minimum Gasteiger partial charge on any atom is -0.496 e. The Morgan fingerprint density at radius 1 is 1.35 bits per heavy atom. The predicted molar refractivity (Wildman–Crippen MR) is 67.9 cm³/mol. The van der Waals surface area contributed by atoms with Crippen LogP contribution in [-0.4, -0.2) is 18.2 Å². The molecule has 0 saturated carbocycles. The van der Waals surface area contributed by atoms with Gasteiger partial charge in [-0.3, -0.25) is 0 Å². The Morgan fingerprint density at radius 3 is 2.59 bits per heavy atom. The molecule has 0 radical (unpaired) electrons. The molecule has 0 aromatic heterocycles. The average Bonchev–Trinajstić information content (AvgIpc) is 2.27. The van der Waals surface area contributed by atoms with Gasteiger partial charge in [0.1, 0.15) is 11.3 Å². The molecule has 0 spiro atoms. The summed E-state index contributed by atoms with van der Waals surface area (Å²) in [6.07, 6.45) is 4.49. The number of hydrogen-bond acceptors (Lipinski definition) is 2. The molecule has 0 aliphatic carbocycles. The van der Waals surface area contributed by atoms with Crippen LogP contribution in [-0.2, 0) is 6.42 Å². The van der Waals surface area contributed by atoms with Crippen molar-refractivity contribution in [3.63, 3.8) is 0 Å².